The van der Waals surface area contributed by atoms with Crippen LogP contribution in [0, 0.1) is 6.92 Å². The molecule has 2 aromatic rings. The summed E-state index contributed by atoms with van der Waals surface area (Å²) in [6.07, 6.45) is 6.78. The minimum absolute atomic E-state index is 0.0396. The number of aromatic nitrogens is 2. The fourth-order valence-corrected chi connectivity index (χ4v) is 3.58. The smallest absolute Gasteiger partial charge is 0.262 e. The molecule has 2 heterocycles. The number of carbonyl (C=O) groups excluding carboxylic acids is 1. The number of fused-ring (bicyclic) bond motifs is 1. The van der Waals surface area contributed by atoms with Gasteiger partial charge in [-0.15, -0.1) is 11.3 Å². The van der Waals surface area contributed by atoms with Gasteiger partial charge in [-0.3, -0.25) is 14.2 Å². The van der Waals surface area contributed by atoms with Gasteiger partial charge in [-0.05, 0) is 25.3 Å². The molecule has 5 nitrogen and oxygen atoms in total. The van der Waals surface area contributed by atoms with Crippen molar-refractivity contribution in [1.82, 2.24) is 14.9 Å². The van der Waals surface area contributed by atoms with Gasteiger partial charge in [0.05, 0.1) is 16.6 Å². The third-order valence-electron chi connectivity index (χ3n) is 3.94. The molecule has 0 radical (unpaired) electrons. The van der Waals surface area contributed by atoms with Crippen molar-refractivity contribution in [2.24, 2.45) is 0 Å². The summed E-state index contributed by atoms with van der Waals surface area (Å²) in [5, 5.41) is 3.53. The summed E-state index contributed by atoms with van der Waals surface area (Å²) in [6.45, 7) is 7.41. The largest absolute Gasteiger partial charge is 0.351 e. The zero-order chi connectivity index (χ0) is 16.8. The zero-order valence-electron chi connectivity index (χ0n) is 14.1. The van der Waals surface area contributed by atoms with E-state index in [0.29, 0.717) is 28.2 Å². The molecule has 0 aliphatic carbocycles. The van der Waals surface area contributed by atoms with Gasteiger partial charge in [0.2, 0.25) is 0 Å². The van der Waals surface area contributed by atoms with Crippen molar-refractivity contribution < 1.29 is 4.79 Å². The van der Waals surface area contributed by atoms with E-state index in [4.69, 9.17) is 0 Å². The topological polar surface area (TPSA) is 64.0 Å². The molecular formula is C17H25N3O2S. The average Bonchev–Trinajstić information content (AvgIpc) is 2.88. The quantitative estimate of drug-likeness (QED) is 0.751. The number of thiophene rings is 1. The molecule has 2 aromatic heterocycles. The third kappa shape index (κ3) is 3.99. The predicted molar refractivity (Wildman–Crippen MR) is 95.4 cm³/mol. The maximum absolute atomic E-state index is 12.6. The second kappa shape index (κ2) is 8.24. The molecule has 0 fully saturated rings. The lowest BCUT2D eigenvalue weighted by Gasteiger charge is -2.04. The van der Waals surface area contributed by atoms with Gasteiger partial charge in [0.1, 0.15) is 4.83 Å². The van der Waals surface area contributed by atoms with E-state index in [1.807, 2.05) is 6.92 Å². The Morgan fingerprint density at radius 3 is 2.70 bits per heavy atom. The molecule has 0 unspecified atom stereocenters. The number of nitrogens with one attached hydrogen (secondary N) is 1. The second-order valence-corrected chi connectivity index (χ2v) is 6.80. The fourth-order valence-electron chi connectivity index (χ4n) is 2.52. The lowest BCUT2D eigenvalue weighted by atomic mass is 10.2. The Morgan fingerprint density at radius 1 is 1.26 bits per heavy atom. The molecule has 0 aliphatic rings. The molecule has 0 aromatic carbocycles. The van der Waals surface area contributed by atoms with Crippen LogP contribution in [0.25, 0.3) is 10.2 Å². The standard InChI is InChI=1S/C17H25N3O2S/c1-4-6-8-9-18-15(21)14-12(3)13-16(23-14)19-11-20(17(13)22)10-7-5-2/h11H,4-10H2,1-3H3,(H,18,21). The first-order valence-electron chi connectivity index (χ1n) is 8.36. The number of hydrogen-bond acceptors (Lipinski definition) is 4. The summed E-state index contributed by atoms with van der Waals surface area (Å²) in [6, 6.07) is 0. The molecule has 0 saturated carbocycles. The van der Waals surface area contributed by atoms with Gasteiger partial charge < -0.3 is 5.32 Å². The Labute approximate surface area is 140 Å². The molecule has 1 N–H and O–H groups in total. The summed E-state index contributed by atoms with van der Waals surface area (Å²) < 4.78 is 1.65. The highest BCUT2D eigenvalue weighted by atomic mass is 32.1. The number of amides is 1. The first-order chi connectivity index (χ1) is 11.1. The van der Waals surface area contributed by atoms with Crippen LogP contribution in [0.1, 0.15) is 61.2 Å². The van der Waals surface area contributed by atoms with Crippen molar-refractivity contribution in [2.75, 3.05) is 6.54 Å². The Morgan fingerprint density at radius 2 is 2.00 bits per heavy atom. The zero-order valence-corrected chi connectivity index (χ0v) is 15.0. The molecule has 0 spiro atoms. The first-order valence-corrected chi connectivity index (χ1v) is 9.18. The van der Waals surface area contributed by atoms with Gasteiger partial charge in [-0.2, -0.15) is 0 Å². The van der Waals surface area contributed by atoms with E-state index in [-0.39, 0.29) is 11.5 Å². The van der Waals surface area contributed by atoms with E-state index >= 15 is 0 Å². The average molecular weight is 335 g/mol. The highest BCUT2D eigenvalue weighted by molar-refractivity contribution is 7.20. The van der Waals surface area contributed by atoms with E-state index in [2.05, 4.69) is 24.1 Å². The summed E-state index contributed by atoms with van der Waals surface area (Å²) in [5.74, 6) is -0.0962. The van der Waals surface area contributed by atoms with Crippen LogP contribution >= 0.6 is 11.3 Å². The molecule has 0 atom stereocenters. The van der Waals surface area contributed by atoms with Crippen LogP contribution in [-0.4, -0.2) is 22.0 Å². The molecule has 0 saturated heterocycles. The van der Waals surface area contributed by atoms with Crippen LogP contribution in [0.4, 0.5) is 0 Å². The highest BCUT2D eigenvalue weighted by Gasteiger charge is 2.19. The fraction of sp³-hybridized carbons (Fsp3) is 0.588. The van der Waals surface area contributed by atoms with Gasteiger partial charge in [-0.1, -0.05) is 33.1 Å². The number of rotatable bonds is 8. The van der Waals surface area contributed by atoms with E-state index in [1.54, 1.807) is 10.9 Å². The van der Waals surface area contributed by atoms with Crippen LogP contribution in [0.5, 0.6) is 0 Å². The lowest BCUT2D eigenvalue weighted by Crippen LogP contribution is -2.24. The maximum Gasteiger partial charge on any atom is 0.262 e. The lowest BCUT2D eigenvalue weighted by molar-refractivity contribution is 0.0956. The van der Waals surface area contributed by atoms with Gasteiger partial charge in [0, 0.05) is 13.1 Å². The number of carbonyl (C=O) groups is 1. The Hall–Kier alpha value is -1.69. The first kappa shape index (κ1) is 17.7. The molecule has 23 heavy (non-hydrogen) atoms. The molecule has 1 amide bonds. The number of aryl methyl sites for hydroxylation is 2. The Bertz CT molecular complexity index is 733. The predicted octanol–water partition coefficient (Wildman–Crippen LogP) is 3.49. The monoisotopic (exact) mass is 335 g/mol. The minimum atomic E-state index is -0.0962. The SMILES string of the molecule is CCCCCNC(=O)c1sc2ncn(CCCC)c(=O)c2c1C. The maximum atomic E-state index is 12.6. The molecule has 0 aliphatic heterocycles. The van der Waals surface area contributed by atoms with E-state index in [9.17, 15) is 9.59 Å². The summed E-state index contributed by atoms with van der Waals surface area (Å²) in [4.78, 5) is 30.5. The third-order valence-corrected chi connectivity index (χ3v) is 5.14. The van der Waals surface area contributed by atoms with Gasteiger partial charge >= 0.3 is 0 Å². The minimum Gasteiger partial charge on any atom is -0.351 e. The second-order valence-electron chi connectivity index (χ2n) is 5.80. The molecule has 6 heteroatoms. The Kier molecular flexibility index (Phi) is 6.33. The van der Waals surface area contributed by atoms with Crippen molar-refractivity contribution in [3.05, 3.63) is 27.1 Å². The van der Waals surface area contributed by atoms with Crippen LogP contribution in [0.2, 0.25) is 0 Å². The van der Waals surface area contributed by atoms with E-state index in [1.165, 1.54) is 11.3 Å². The highest BCUT2D eigenvalue weighted by Crippen LogP contribution is 2.26. The van der Waals surface area contributed by atoms with Crippen molar-refractivity contribution in [3.63, 3.8) is 0 Å². The van der Waals surface area contributed by atoms with E-state index < -0.39 is 0 Å². The van der Waals surface area contributed by atoms with E-state index in [0.717, 1.165) is 37.7 Å². The summed E-state index contributed by atoms with van der Waals surface area (Å²) in [7, 11) is 0. The summed E-state index contributed by atoms with van der Waals surface area (Å²) >= 11 is 1.31. The van der Waals surface area contributed by atoms with Crippen LogP contribution in [0.3, 0.4) is 0 Å². The van der Waals surface area contributed by atoms with Gasteiger partial charge in [0.15, 0.2) is 0 Å². The molecule has 0 bridgehead atoms. The molecular weight excluding hydrogens is 310 g/mol. The van der Waals surface area contributed by atoms with Crippen LogP contribution < -0.4 is 10.9 Å². The number of hydrogen-bond donors (Lipinski definition) is 1. The Balaban J connectivity index is 2.26. The van der Waals surface area contributed by atoms with Gasteiger partial charge in [0.25, 0.3) is 11.5 Å². The normalized spacial score (nSPS) is 11.1. The van der Waals surface area contributed by atoms with Crippen LogP contribution in [-0.2, 0) is 6.54 Å². The van der Waals surface area contributed by atoms with Crippen molar-refractivity contribution in [3.8, 4) is 0 Å². The van der Waals surface area contributed by atoms with Crippen molar-refractivity contribution in [1.29, 1.82) is 0 Å². The number of nitrogens with zero attached hydrogens (tertiary/aromatic N) is 2. The van der Waals surface area contributed by atoms with Crippen molar-refractivity contribution >= 4 is 27.5 Å². The summed E-state index contributed by atoms with van der Waals surface area (Å²) in [5.41, 5.74) is 0.712. The van der Waals surface area contributed by atoms with Crippen LogP contribution in [0.15, 0.2) is 11.1 Å². The molecule has 2 rings (SSSR count). The number of unbranched alkanes of at least 4 members (excludes halogenated alkanes) is 3. The van der Waals surface area contributed by atoms with Gasteiger partial charge in [-0.25, -0.2) is 4.98 Å². The molecule has 126 valence electrons. The van der Waals surface area contributed by atoms with Crippen molar-refractivity contribution in [2.45, 2.75) is 59.4 Å².